The smallest absolute Gasteiger partial charge is 0.326 e. The molecule has 0 bridgehead atoms. The second-order valence-electron chi connectivity index (χ2n) is 8.66. The topological polar surface area (TPSA) is 112 Å². The van der Waals surface area contributed by atoms with Crippen LogP contribution in [0.4, 0.5) is 0 Å². The van der Waals surface area contributed by atoms with Gasteiger partial charge in [-0.3, -0.25) is 4.79 Å². The highest BCUT2D eigenvalue weighted by Gasteiger charge is 2.34. The fourth-order valence-corrected chi connectivity index (χ4v) is 4.12. The number of amides is 1. The second-order valence-corrected chi connectivity index (χ2v) is 8.66. The molecule has 174 valence electrons. The first-order chi connectivity index (χ1) is 15.8. The van der Waals surface area contributed by atoms with Gasteiger partial charge in [0.2, 0.25) is 11.7 Å². The molecule has 2 atom stereocenters. The molecule has 0 saturated carbocycles. The average molecular weight is 450 g/mol. The number of benzene rings is 2. The lowest BCUT2D eigenvalue weighted by Gasteiger charge is -2.33. The van der Waals surface area contributed by atoms with Gasteiger partial charge in [0.05, 0.1) is 0 Å². The Balaban J connectivity index is 1.90. The van der Waals surface area contributed by atoms with Crippen LogP contribution in [0.2, 0.25) is 0 Å². The summed E-state index contributed by atoms with van der Waals surface area (Å²) in [6, 6.07) is 14.7. The van der Waals surface area contributed by atoms with Gasteiger partial charge in [-0.15, -0.1) is 10.2 Å². The van der Waals surface area contributed by atoms with Crippen molar-refractivity contribution >= 4 is 11.9 Å². The highest BCUT2D eigenvalue weighted by Crippen LogP contribution is 2.30. The summed E-state index contributed by atoms with van der Waals surface area (Å²) in [5.41, 5.74) is 3.66. The first kappa shape index (κ1) is 24.1. The molecule has 0 saturated heterocycles. The lowest BCUT2D eigenvalue weighted by molar-refractivity contribution is -0.154. The maximum atomic E-state index is 13.2. The Morgan fingerprint density at radius 1 is 1.03 bits per heavy atom. The van der Waals surface area contributed by atoms with Crippen LogP contribution in [0.5, 0.6) is 0 Å². The first-order valence-electron chi connectivity index (χ1n) is 11.3. The van der Waals surface area contributed by atoms with Gasteiger partial charge < -0.3 is 10.0 Å². The predicted molar refractivity (Wildman–Crippen MR) is 126 cm³/mol. The molecule has 3 rings (SSSR count). The van der Waals surface area contributed by atoms with E-state index in [-0.39, 0.29) is 24.3 Å². The molecule has 1 amide bonds. The highest BCUT2D eigenvalue weighted by atomic mass is 16.4. The van der Waals surface area contributed by atoms with Gasteiger partial charge in [0, 0.05) is 18.0 Å². The molecule has 1 heterocycles. The van der Waals surface area contributed by atoms with Crippen LogP contribution in [0.1, 0.15) is 46.1 Å². The Kier molecular flexibility index (Phi) is 7.92. The molecule has 0 fully saturated rings. The molecule has 0 aliphatic heterocycles. The molecule has 0 aliphatic rings. The van der Waals surface area contributed by atoms with E-state index in [1.54, 1.807) is 0 Å². The standard InChI is InChI=1S/C25H31N5O3/c1-5-8-17(4)24(31)30(22(16(2)3)25(32)33)15-18-11-13-19(14-12-18)20-9-6-7-10-21(20)23-26-28-29-27-23/h6-7,9-14,16-17,22H,5,8,15H2,1-4H3,(H,32,33)(H,26,27,28,29)/t17?,22-/m0/s1. The lowest BCUT2D eigenvalue weighted by Crippen LogP contribution is -2.49. The molecule has 0 spiro atoms. The first-order valence-corrected chi connectivity index (χ1v) is 11.3. The number of nitrogens with one attached hydrogen (secondary N) is 1. The van der Waals surface area contributed by atoms with Crippen LogP contribution < -0.4 is 0 Å². The summed E-state index contributed by atoms with van der Waals surface area (Å²) in [5, 5.41) is 24.2. The van der Waals surface area contributed by atoms with Crippen LogP contribution in [-0.2, 0) is 16.1 Å². The van der Waals surface area contributed by atoms with Gasteiger partial charge >= 0.3 is 5.97 Å². The Morgan fingerprint density at radius 2 is 1.70 bits per heavy atom. The molecule has 3 aromatic rings. The van der Waals surface area contributed by atoms with Crippen LogP contribution >= 0.6 is 0 Å². The average Bonchev–Trinajstić information content (AvgIpc) is 3.33. The maximum Gasteiger partial charge on any atom is 0.326 e. The molecule has 1 unspecified atom stereocenters. The lowest BCUT2D eigenvalue weighted by atomic mass is 9.96. The third-order valence-electron chi connectivity index (χ3n) is 5.78. The summed E-state index contributed by atoms with van der Waals surface area (Å²) in [7, 11) is 0. The molecule has 8 nitrogen and oxygen atoms in total. The van der Waals surface area contributed by atoms with Gasteiger partial charge in [0.25, 0.3) is 0 Å². The van der Waals surface area contributed by atoms with Crippen molar-refractivity contribution in [3.8, 4) is 22.5 Å². The zero-order chi connectivity index (χ0) is 24.0. The van der Waals surface area contributed by atoms with E-state index in [0.717, 1.165) is 35.1 Å². The van der Waals surface area contributed by atoms with Crippen molar-refractivity contribution in [2.75, 3.05) is 0 Å². The molecule has 33 heavy (non-hydrogen) atoms. The van der Waals surface area contributed by atoms with Crippen LogP contribution in [0.3, 0.4) is 0 Å². The van der Waals surface area contributed by atoms with Crippen molar-refractivity contribution < 1.29 is 14.7 Å². The van der Waals surface area contributed by atoms with Gasteiger partial charge in [-0.05, 0) is 34.2 Å². The molecule has 2 aromatic carbocycles. The Labute approximate surface area is 194 Å². The number of H-pyrrole nitrogens is 1. The van der Waals surface area contributed by atoms with Gasteiger partial charge in [-0.1, -0.05) is 82.6 Å². The minimum atomic E-state index is -0.979. The minimum absolute atomic E-state index is 0.121. The Morgan fingerprint density at radius 3 is 2.24 bits per heavy atom. The van der Waals surface area contributed by atoms with Gasteiger partial charge in [0.15, 0.2) is 0 Å². The fourth-order valence-electron chi connectivity index (χ4n) is 4.12. The van der Waals surface area contributed by atoms with Crippen molar-refractivity contribution in [2.45, 2.75) is 53.1 Å². The number of nitrogens with zero attached hydrogens (tertiary/aromatic N) is 4. The van der Waals surface area contributed by atoms with Crippen LogP contribution in [-0.4, -0.2) is 48.5 Å². The third kappa shape index (κ3) is 5.63. The van der Waals surface area contributed by atoms with Crippen LogP contribution in [0, 0.1) is 11.8 Å². The third-order valence-corrected chi connectivity index (χ3v) is 5.78. The second kappa shape index (κ2) is 10.8. The fraction of sp³-hybridized carbons (Fsp3) is 0.400. The minimum Gasteiger partial charge on any atom is -0.480 e. The number of hydrogen-bond acceptors (Lipinski definition) is 5. The van der Waals surface area contributed by atoms with Crippen molar-refractivity contribution in [1.29, 1.82) is 0 Å². The summed E-state index contributed by atoms with van der Waals surface area (Å²) in [6.07, 6.45) is 1.60. The molecular weight excluding hydrogens is 418 g/mol. The number of carboxylic acid groups (broad SMARTS) is 1. The highest BCUT2D eigenvalue weighted by molar-refractivity contribution is 5.85. The van der Waals surface area contributed by atoms with E-state index in [1.807, 2.05) is 76.2 Å². The van der Waals surface area contributed by atoms with E-state index >= 15 is 0 Å². The van der Waals surface area contributed by atoms with Gasteiger partial charge in [0.1, 0.15) is 6.04 Å². The number of carbonyl (C=O) groups excluding carboxylic acids is 1. The summed E-state index contributed by atoms with van der Waals surface area (Å²) in [4.78, 5) is 26.7. The summed E-state index contributed by atoms with van der Waals surface area (Å²) in [6.45, 7) is 7.81. The number of aromatic amines is 1. The number of rotatable bonds is 10. The monoisotopic (exact) mass is 449 g/mol. The number of tetrazole rings is 1. The Bertz CT molecular complexity index is 1060. The summed E-state index contributed by atoms with van der Waals surface area (Å²) in [5.74, 6) is -1.02. The van der Waals surface area contributed by atoms with E-state index in [0.29, 0.717) is 5.82 Å². The molecule has 1 aromatic heterocycles. The molecule has 0 radical (unpaired) electrons. The van der Waals surface area contributed by atoms with Crippen LogP contribution in [0.25, 0.3) is 22.5 Å². The van der Waals surface area contributed by atoms with E-state index in [4.69, 9.17) is 0 Å². The van der Waals surface area contributed by atoms with Crippen molar-refractivity contribution in [3.63, 3.8) is 0 Å². The van der Waals surface area contributed by atoms with Crippen molar-refractivity contribution in [1.82, 2.24) is 25.5 Å². The number of carboxylic acids is 1. The number of hydrogen-bond donors (Lipinski definition) is 2. The van der Waals surface area contributed by atoms with Gasteiger partial charge in [-0.2, -0.15) is 5.21 Å². The summed E-state index contributed by atoms with van der Waals surface area (Å²) < 4.78 is 0. The molecule has 2 N–H and O–H groups in total. The SMILES string of the molecule is CCCC(C)C(=O)N(Cc1ccc(-c2ccccc2-c2nn[nH]n2)cc1)[C@H](C(=O)O)C(C)C. The van der Waals surface area contributed by atoms with E-state index in [1.165, 1.54) is 4.90 Å². The van der Waals surface area contributed by atoms with Crippen LogP contribution in [0.15, 0.2) is 48.5 Å². The molecule has 0 aliphatic carbocycles. The quantitative estimate of drug-likeness (QED) is 0.474. The largest absolute Gasteiger partial charge is 0.480 e. The van der Waals surface area contributed by atoms with E-state index in [9.17, 15) is 14.7 Å². The predicted octanol–water partition coefficient (Wildman–Crippen LogP) is 4.41. The van der Waals surface area contributed by atoms with Gasteiger partial charge in [-0.25, -0.2) is 4.79 Å². The maximum absolute atomic E-state index is 13.2. The number of aliphatic carboxylic acids is 1. The number of aromatic nitrogens is 4. The zero-order valence-corrected chi connectivity index (χ0v) is 19.5. The summed E-state index contributed by atoms with van der Waals surface area (Å²) >= 11 is 0. The normalized spacial score (nSPS) is 13.0. The van der Waals surface area contributed by atoms with Crippen molar-refractivity contribution in [3.05, 3.63) is 54.1 Å². The molecule has 8 heteroatoms. The Hall–Kier alpha value is -3.55. The zero-order valence-electron chi connectivity index (χ0n) is 19.5. The van der Waals surface area contributed by atoms with E-state index in [2.05, 4.69) is 20.6 Å². The molecular formula is C25H31N5O3. The number of carbonyl (C=O) groups is 2. The van der Waals surface area contributed by atoms with Crippen molar-refractivity contribution in [2.24, 2.45) is 11.8 Å². The van der Waals surface area contributed by atoms with E-state index < -0.39 is 12.0 Å².